The number of nitrogens with one attached hydrogen (secondary N) is 1. The molecule has 0 spiro atoms. The fourth-order valence-electron chi connectivity index (χ4n) is 2.74. The second kappa shape index (κ2) is 6.13. The summed E-state index contributed by atoms with van der Waals surface area (Å²) >= 11 is 0. The summed E-state index contributed by atoms with van der Waals surface area (Å²) in [6.45, 7) is 4.51. The molecular weight excluding hydrogens is 252 g/mol. The molecule has 1 N–H and O–H groups in total. The Balaban J connectivity index is 1.65. The molecule has 1 fully saturated rings. The number of hydrogen-bond acceptors (Lipinski definition) is 5. The van der Waals surface area contributed by atoms with E-state index >= 15 is 0 Å². The van der Waals surface area contributed by atoms with E-state index in [4.69, 9.17) is 4.52 Å². The molecule has 0 aliphatic carbocycles. The lowest BCUT2D eigenvalue weighted by Crippen LogP contribution is -2.33. The van der Waals surface area contributed by atoms with Crippen LogP contribution in [0.15, 0.2) is 28.9 Å². The van der Waals surface area contributed by atoms with Gasteiger partial charge in [-0.1, -0.05) is 18.1 Å². The highest BCUT2D eigenvalue weighted by Gasteiger charge is 2.22. The molecule has 5 nitrogen and oxygen atoms in total. The normalized spacial score (nSPS) is 20.8. The third-order valence-corrected chi connectivity index (χ3v) is 4.00. The molecule has 20 heavy (non-hydrogen) atoms. The van der Waals surface area contributed by atoms with Crippen LogP contribution in [-0.4, -0.2) is 28.2 Å². The Kier molecular flexibility index (Phi) is 4.06. The largest absolute Gasteiger partial charge is 0.339 e. The van der Waals surface area contributed by atoms with Crippen LogP contribution in [0.2, 0.25) is 0 Å². The van der Waals surface area contributed by atoms with E-state index in [0.717, 1.165) is 25.2 Å². The Hall–Kier alpha value is -1.75. The summed E-state index contributed by atoms with van der Waals surface area (Å²) < 4.78 is 5.36. The van der Waals surface area contributed by atoms with E-state index in [1.807, 2.05) is 18.2 Å². The maximum atomic E-state index is 5.36. The monoisotopic (exact) mass is 272 g/mol. The van der Waals surface area contributed by atoms with Crippen LogP contribution in [0.25, 0.3) is 11.5 Å². The molecule has 2 unspecified atom stereocenters. The maximum absolute atomic E-state index is 5.36. The first-order valence-corrected chi connectivity index (χ1v) is 7.27. The summed E-state index contributed by atoms with van der Waals surface area (Å²) in [5, 5.41) is 7.48. The van der Waals surface area contributed by atoms with Gasteiger partial charge < -0.3 is 9.84 Å². The van der Waals surface area contributed by atoms with Gasteiger partial charge in [0.25, 0.3) is 0 Å². The zero-order valence-electron chi connectivity index (χ0n) is 11.7. The molecule has 5 heteroatoms. The van der Waals surface area contributed by atoms with Crippen molar-refractivity contribution < 1.29 is 4.52 Å². The summed E-state index contributed by atoms with van der Waals surface area (Å²) in [7, 11) is 0. The first-order valence-electron chi connectivity index (χ1n) is 7.27. The second-order valence-corrected chi connectivity index (χ2v) is 5.51. The maximum Gasteiger partial charge on any atom is 0.227 e. The van der Waals surface area contributed by atoms with Crippen LogP contribution in [0.1, 0.15) is 25.7 Å². The Bertz CT molecular complexity index is 534. The van der Waals surface area contributed by atoms with E-state index in [0.29, 0.717) is 23.6 Å². The van der Waals surface area contributed by atoms with Gasteiger partial charge in [-0.3, -0.25) is 4.98 Å². The molecule has 0 bridgehead atoms. The number of piperidine rings is 1. The van der Waals surface area contributed by atoms with Crippen LogP contribution in [-0.2, 0) is 6.42 Å². The highest BCUT2D eigenvalue weighted by atomic mass is 16.5. The molecule has 0 radical (unpaired) electrons. The molecule has 2 aromatic rings. The quantitative estimate of drug-likeness (QED) is 0.925. The van der Waals surface area contributed by atoms with Gasteiger partial charge in [-0.05, 0) is 49.9 Å². The van der Waals surface area contributed by atoms with Gasteiger partial charge in [-0.2, -0.15) is 4.98 Å². The highest BCUT2D eigenvalue weighted by molar-refractivity contribution is 5.46. The highest BCUT2D eigenvalue weighted by Crippen LogP contribution is 2.23. The van der Waals surface area contributed by atoms with E-state index < -0.39 is 0 Å². The van der Waals surface area contributed by atoms with Gasteiger partial charge in [-0.25, -0.2) is 0 Å². The number of hydrogen-bond donors (Lipinski definition) is 1. The Morgan fingerprint density at radius 3 is 3.15 bits per heavy atom. The van der Waals surface area contributed by atoms with Crippen LogP contribution in [0, 0.1) is 11.8 Å². The van der Waals surface area contributed by atoms with Crippen molar-refractivity contribution >= 4 is 0 Å². The molecule has 0 saturated carbocycles. The summed E-state index contributed by atoms with van der Waals surface area (Å²) in [5.74, 6) is 2.55. The van der Waals surface area contributed by atoms with Gasteiger partial charge >= 0.3 is 0 Å². The zero-order valence-corrected chi connectivity index (χ0v) is 11.7. The lowest BCUT2D eigenvalue weighted by atomic mass is 9.85. The van der Waals surface area contributed by atoms with Gasteiger partial charge in [0.05, 0.1) is 0 Å². The van der Waals surface area contributed by atoms with Crippen LogP contribution in [0.5, 0.6) is 0 Å². The molecule has 1 aliphatic heterocycles. The molecule has 3 heterocycles. The van der Waals surface area contributed by atoms with E-state index in [1.54, 1.807) is 6.20 Å². The molecule has 2 aromatic heterocycles. The fraction of sp³-hybridized carbons (Fsp3) is 0.533. The van der Waals surface area contributed by atoms with Crippen molar-refractivity contribution in [2.45, 2.75) is 26.2 Å². The third-order valence-electron chi connectivity index (χ3n) is 4.00. The Labute approximate surface area is 118 Å². The Morgan fingerprint density at radius 2 is 2.40 bits per heavy atom. The smallest absolute Gasteiger partial charge is 0.227 e. The summed E-state index contributed by atoms with van der Waals surface area (Å²) in [4.78, 5) is 8.69. The summed E-state index contributed by atoms with van der Waals surface area (Å²) in [6.07, 6.45) is 5.13. The van der Waals surface area contributed by atoms with Crippen molar-refractivity contribution in [3.05, 3.63) is 30.3 Å². The molecule has 1 aliphatic rings. The molecule has 0 aromatic carbocycles. The van der Waals surface area contributed by atoms with Crippen LogP contribution in [0.4, 0.5) is 0 Å². The molecule has 0 amide bonds. The van der Waals surface area contributed by atoms with E-state index in [1.165, 1.54) is 12.8 Å². The molecule has 3 rings (SSSR count). The van der Waals surface area contributed by atoms with Crippen LogP contribution >= 0.6 is 0 Å². The number of rotatable bonds is 4. The van der Waals surface area contributed by atoms with Gasteiger partial charge in [0.2, 0.25) is 11.7 Å². The van der Waals surface area contributed by atoms with Gasteiger partial charge in [0.15, 0.2) is 0 Å². The first kappa shape index (κ1) is 13.2. The standard InChI is InChI=1S/C15H20N4O/c1-11(12-5-4-7-16-10-12)9-14-18-15(19-20-14)13-6-2-3-8-17-13/h2-3,6,8,11-12,16H,4-5,7,9-10H2,1H3. The Morgan fingerprint density at radius 1 is 1.45 bits per heavy atom. The lowest BCUT2D eigenvalue weighted by Gasteiger charge is -2.27. The topological polar surface area (TPSA) is 63.8 Å². The van der Waals surface area contributed by atoms with Crippen molar-refractivity contribution in [2.24, 2.45) is 11.8 Å². The van der Waals surface area contributed by atoms with Gasteiger partial charge in [0, 0.05) is 12.6 Å². The average Bonchev–Trinajstić information content (AvgIpc) is 2.97. The molecule has 1 saturated heterocycles. The van der Waals surface area contributed by atoms with E-state index in [9.17, 15) is 0 Å². The van der Waals surface area contributed by atoms with Crippen molar-refractivity contribution in [3.8, 4) is 11.5 Å². The SMILES string of the molecule is CC(Cc1nc(-c2ccccn2)no1)C1CCCNC1. The average molecular weight is 272 g/mol. The van der Waals surface area contributed by atoms with Crippen LogP contribution in [0.3, 0.4) is 0 Å². The van der Waals surface area contributed by atoms with Gasteiger partial charge in [-0.15, -0.1) is 0 Å². The van der Waals surface area contributed by atoms with Crippen molar-refractivity contribution in [2.75, 3.05) is 13.1 Å². The molecular formula is C15H20N4O. The second-order valence-electron chi connectivity index (χ2n) is 5.51. The summed E-state index contributed by atoms with van der Waals surface area (Å²) in [6, 6.07) is 5.69. The van der Waals surface area contributed by atoms with Crippen molar-refractivity contribution in [3.63, 3.8) is 0 Å². The summed E-state index contributed by atoms with van der Waals surface area (Å²) in [5.41, 5.74) is 0.759. The molecule has 106 valence electrons. The predicted octanol–water partition coefficient (Wildman–Crippen LogP) is 2.31. The van der Waals surface area contributed by atoms with Gasteiger partial charge in [0.1, 0.15) is 5.69 Å². The lowest BCUT2D eigenvalue weighted by molar-refractivity contribution is 0.257. The van der Waals surface area contributed by atoms with Crippen molar-refractivity contribution in [1.29, 1.82) is 0 Å². The minimum atomic E-state index is 0.555. The van der Waals surface area contributed by atoms with Crippen LogP contribution < -0.4 is 5.32 Å². The number of aromatic nitrogens is 3. The number of nitrogens with zero attached hydrogens (tertiary/aromatic N) is 3. The third kappa shape index (κ3) is 3.04. The number of pyridine rings is 1. The first-order chi connectivity index (χ1) is 9.83. The zero-order chi connectivity index (χ0) is 13.8. The predicted molar refractivity (Wildman–Crippen MR) is 76.0 cm³/mol. The minimum absolute atomic E-state index is 0.555. The fourth-order valence-corrected chi connectivity index (χ4v) is 2.74. The van der Waals surface area contributed by atoms with E-state index in [2.05, 4.69) is 27.4 Å². The van der Waals surface area contributed by atoms with E-state index in [-0.39, 0.29) is 0 Å². The van der Waals surface area contributed by atoms with Crippen molar-refractivity contribution in [1.82, 2.24) is 20.4 Å². The molecule has 2 atom stereocenters. The minimum Gasteiger partial charge on any atom is -0.339 e.